The maximum absolute atomic E-state index is 12.2. The lowest BCUT2D eigenvalue weighted by Gasteiger charge is -2.41. The van der Waals surface area contributed by atoms with Crippen LogP contribution in [0.4, 0.5) is 0 Å². The van der Waals surface area contributed by atoms with Gasteiger partial charge in [0, 0.05) is 19.3 Å². The second kappa shape index (κ2) is 14.1. The number of carbonyl (C=O) groups is 2. The Balaban J connectivity index is 3.10. The normalized spacial score (nSPS) is 32.7. The third-order valence-corrected chi connectivity index (χ3v) is 6.18. The number of esters is 2. The lowest BCUT2D eigenvalue weighted by molar-refractivity contribution is -0.189. The van der Waals surface area contributed by atoms with Crippen molar-refractivity contribution < 1.29 is 28.5 Å². The van der Waals surface area contributed by atoms with Crippen molar-refractivity contribution >= 4 is 11.9 Å². The summed E-state index contributed by atoms with van der Waals surface area (Å²) in [6.45, 7) is 13.3. The number of ether oxygens (including phenoxy) is 4. The minimum Gasteiger partial charge on any atom is -0.466 e. The summed E-state index contributed by atoms with van der Waals surface area (Å²) in [7, 11) is 0. The molecule has 0 aromatic heterocycles. The fourth-order valence-electron chi connectivity index (χ4n) is 4.43. The number of cyclic esters (lactones) is 2. The first kappa shape index (κ1) is 27.9. The molecule has 182 valence electrons. The largest absolute Gasteiger partial charge is 0.466 e. The highest BCUT2D eigenvalue weighted by molar-refractivity contribution is 5.69. The number of hydrogen-bond acceptors (Lipinski definition) is 6. The van der Waals surface area contributed by atoms with E-state index in [1.807, 2.05) is 0 Å². The Morgan fingerprint density at radius 1 is 0.742 bits per heavy atom. The first-order valence-electron chi connectivity index (χ1n) is 12.4. The Kier molecular flexibility index (Phi) is 12.7. The second-order valence-electron chi connectivity index (χ2n) is 9.32. The Morgan fingerprint density at radius 2 is 1.13 bits per heavy atom. The Hall–Kier alpha value is -1.14. The molecule has 0 amide bonds. The molecule has 1 heterocycles. The Morgan fingerprint density at radius 3 is 1.45 bits per heavy atom. The molecule has 1 rings (SSSR count). The van der Waals surface area contributed by atoms with Crippen molar-refractivity contribution in [2.75, 3.05) is 13.2 Å². The van der Waals surface area contributed by atoms with E-state index in [-0.39, 0.29) is 37.4 Å². The predicted molar refractivity (Wildman–Crippen MR) is 122 cm³/mol. The van der Waals surface area contributed by atoms with E-state index in [9.17, 15) is 9.59 Å². The van der Waals surface area contributed by atoms with E-state index in [1.165, 1.54) is 0 Å². The zero-order valence-electron chi connectivity index (χ0n) is 20.8. The summed E-state index contributed by atoms with van der Waals surface area (Å²) in [5.41, 5.74) is -0.807. The minimum absolute atomic E-state index is 0.0728. The van der Waals surface area contributed by atoms with Crippen LogP contribution in [0.2, 0.25) is 0 Å². The van der Waals surface area contributed by atoms with Gasteiger partial charge in [0.25, 0.3) is 0 Å². The SMILES string of the molecule is CCCC1(C)CCC(=O)OCCCOC(=O)CCC(C)(CCC)OC(CC)C(CC)O1. The van der Waals surface area contributed by atoms with E-state index in [4.69, 9.17) is 18.9 Å². The molecule has 4 atom stereocenters. The Bertz CT molecular complexity index is 490. The van der Waals surface area contributed by atoms with Crippen LogP contribution in [-0.2, 0) is 28.5 Å². The van der Waals surface area contributed by atoms with E-state index >= 15 is 0 Å². The van der Waals surface area contributed by atoms with Crippen molar-refractivity contribution in [3.63, 3.8) is 0 Å². The number of rotatable bonds is 6. The summed E-state index contributed by atoms with van der Waals surface area (Å²) in [6, 6.07) is 0. The predicted octanol–water partition coefficient (Wildman–Crippen LogP) is 5.74. The lowest BCUT2D eigenvalue weighted by atomic mass is 9.92. The highest BCUT2D eigenvalue weighted by Gasteiger charge is 2.36. The van der Waals surface area contributed by atoms with Gasteiger partial charge in [-0.3, -0.25) is 9.59 Å². The smallest absolute Gasteiger partial charge is 0.305 e. The average molecular weight is 443 g/mol. The standard InChI is InChI=1S/C25H46O6/c1-7-14-24(5)16-12-22(26)28-18-11-19-29-23(27)13-17-25(6,15-8-2)31-21(10-4)20(9-3)30-24/h20-21H,7-19H2,1-6H3. The highest BCUT2D eigenvalue weighted by Crippen LogP contribution is 2.33. The second-order valence-corrected chi connectivity index (χ2v) is 9.32. The maximum atomic E-state index is 12.2. The maximum Gasteiger partial charge on any atom is 0.305 e. The zero-order chi connectivity index (χ0) is 23.3. The van der Waals surface area contributed by atoms with Crippen LogP contribution in [0.25, 0.3) is 0 Å². The first-order chi connectivity index (χ1) is 14.7. The molecule has 6 nitrogen and oxygen atoms in total. The molecule has 0 saturated carbocycles. The van der Waals surface area contributed by atoms with Crippen LogP contribution in [0.5, 0.6) is 0 Å². The van der Waals surface area contributed by atoms with E-state index < -0.39 is 11.2 Å². The molecule has 0 radical (unpaired) electrons. The summed E-state index contributed by atoms with van der Waals surface area (Å²) in [5, 5.41) is 0. The van der Waals surface area contributed by atoms with Gasteiger partial charge in [0.05, 0.1) is 36.6 Å². The average Bonchev–Trinajstić information content (AvgIpc) is 2.73. The zero-order valence-corrected chi connectivity index (χ0v) is 20.8. The van der Waals surface area contributed by atoms with Crippen LogP contribution < -0.4 is 0 Å². The van der Waals surface area contributed by atoms with E-state index in [0.717, 1.165) is 38.5 Å². The van der Waals surface area contributed by atoms with Gasteiger partial charge in [0.1, 0.15) is 0 Å². The van der Waals surface area contributed by atoms with Crippen molar-refractivity contribution in [1.82, 2.24) is 0 Å². The number of carbonyl (C=O) groups excluding carboxylic acids is 2. The van der Waals surface area contributed by atoms with Crippen molar-refractivity contribution in [2.24, 2.45) is 0 Å². The molecular formula is C25H46O6. The number of hydrogen-bond donors (Lipinski definition) is 0. The van der Waals surface area contributed by atoms with Gasteiger partial charge in [-0.05, 0) is 52.4 Å². The third kappa shape index (κ3) is 10.3. The van der Waals surface area contributed by atoms with Crippen LogP contribution in [0.3, 0.4) is 0 Å². The van der Waals surface area contributed by atoms with Gasteiger partial charge < -0.3 is 18.9 Å². The molecule has 0 aromatic carbocycles. The molecule has 0 aliphatic carbocycles. The van der Waals surface area contributed by atoms with E-state index in [1.54, 1.807) is 0 Å². The first-order valence-corrected chi connectivity index (χ1v) is 12.4. The van der Waals surface area contributed by atoms with Gasteiger partial charge in [-0.15, -0.1) is 0 Å². The van der Waals surface area contributed by atoms with Gasteiger partial charge in [-0.1, -0.05) is 40.5 Å². The molecule has 1 aliphatic rings. The highest BCUT2D eigenvalue weighted by atomic mass is 16.6. The fourth-order valence-corrected chi connectivity index (χ4v) is 4.43. The molecule has 1 aliphatic heterocycles. The minimum atomic E-state index is -0.403. The Labute approximate surface area is 189 Å². The monoisotopic (exact) mass is 442 g/mol. The summed E-state index contributed by atoms with van der Waals surface area (Å²) in [4.78, 5) is 24.4. The van der Waals surface area contributed by atoms with Crippen molar-refractivity contribution in [3.8, 4) is 0 Å². The van der Waals surface area contributed by atoms with Gasteiger partial charge in [-0.25, -0.2) is 0 Å². The topological polar surface area (TPSA) is 71.1 Å². The summed E-state index contributed by atoms with van der Waals surface area (Å²) in [5.74, 6) is -0.457. The van der Waals surface area contributed by atoms with E-state index in [2.05, 4.69) is 41.5 Å². The molecule has 4 unspecified atom stereocenters. The quantitative estimate of drug-likeness (QED) is 0.488. The van der Waals surface area contributed by atoms with Gasteiger partial charge in [0.2, 0.25) is 0 Å². The van der Waals surface area contributed by atoms with Crippen molar-refractivity contribution in [3.05, 3.63) is 0 Å². The molecule has 31 heavy (non-hydrogen) atoms. The van der Waals surface area contributed by atoms with Crippen molar-refractivity contribution in [2.45, 2.75) is 136 Å². The molecule has 1 fully saturated rings. The molecule has 0 aromatic rings. The van der Waals surface area contributed by atoms with Crippen LogP contribution in [0.1, 0.15) is 112 Å². The summed E-state index contributed by atoms with van der Waals surface area (Å²) in [6.07, 6.45) is 7.60. The molecule has 0 spiro atoms. The third-order valence-electron chi connectivity index (χ3n) is 6.18. The van der Waals surface area contributed by atoms with Gasteiger partial charge >= 0.3 is 11.9 Å². The summed E-state index contributed by atoms with van der Waals surface area (Å²) < 4.78 is 24.0. The van der Waals surface area contributed by atoms with Gasteiger partial charge in [-0.2, -0.15) is 0 Å². The van der Waals surface area contributed by atoms with Crippen LogP contribution in [-0.4, -0.2) is 48.6 Å². The van der Waals surface area contributed by atoms with Crippen molar-refractivity contribution in [1.29, 1.82) is 0 Å². The summed E-state index contributed by atoms with van der Waals surface area (Å²) >= 11 is 0. The lowest BCUT2D eigenvalue weighted by Crippen LogP contribution is -2.45. The fraction of sp³-hybridized carbons (Fsp3) is 0.920. The van der Waals surface area contributed by atoms with Gasteiger partial charge in [0.15, 0.2) is 0 Å². The molecular weight excluding hydrogens is 396 g/mol. The van der Waals surface area contributed by atoms with E-state index in [0.29, 0.717) is 32.1 Å². The molecule has 6 heteroatoms. The molecule has 0 bridgehead atoms. The van der Waals surface area contributed by atoms with Crippen LogP contribution >= 0.6 is 0 Å². The van der Waals surface area contributed by atoms with Crippen LogP contribution in [0, 0.1) is 0 Å². The molecule has 0 N–H and O–H groups in total. The molecule has 1 saturated heterocycles. The van der Waals surface area contributed by atoms with Crippen LogP contribution in [0.15, 0.2) is 0 Å².